The van der Waals surface area contributed by atoms with Crippen molar-refractivity contribution in [3.8, 4) is 0 Å². The van der Waals surface area contributed by atoms with E-state index < -0.39 is 23.1 Å². The van der Waals surface area contributed by atoms with Crippen LogP contribution in [0.2, 0.25) is 0 Å². The first-order valence-corrected chi connectivity index (χ1v) is 12.3. The maximum atomic E-state index is 12.5. The van der Waals surface area contributed by atoms with Crippen molar-refractivity contribution < 1.29 is 38.0 Å². The molecule has 0 bridgehead atoms. The minimum Gasteiger partial charge on any atom is -0.461 e. The Morgan fingerprint density at radius 3 is 1.36 bits per heavy atom. The molecule has 0 aromatic heterocycles. The number of carbonyl (C=O) groups is 2. The van der Waals surface area contributed by atoms with E-state index in [-0.39, 0.29) is 37.6 Å². The first-order valence-electron chi connectivity index (χ1n) is 12.3. The predicted octanol–water partition coefficient (Wildman–Crippen LogP) is 4.21. The summed E-state index contributed by atoms with van der Waals surface area (Å²) in [5.41, 5.74) is -2.07. The highest BCUT2D eigenvalue weighted by atomic mass is 16.6. The molecule has 1 saturated carbocycles. The molecule has 2 atom stereocenters. The van der Waals surface area contributed by atoms with Gasteiger partial charge in [-0.15, -0.1) is 0 Å². The highest BCUT2D eigenvalue weighted by molar-refractivity contribution is 5.79. The summed E-state index contributed by atoms with van der Waals surface area (Å²) in [7, 11) is 0. The lowest BCUT2D eigenvalue weighted by molar-refractivity contribution is -0.179. The lowest BCUT2D eigenvalue weighted by atomic mass is 10.1. The molecule has 194 valence electrons. The van der Waals surface area contributed by atoms with Crippen molar-refractivity contribution >= 4 is 11.9 Å². The Balaban J connectivity index is 2.45. The van der Waals surface area contributed by atoms with E-state index in [0.717, 1.165) is 32.1 Å². The van der Waals surface area contributed by atoms with Gasteiger partial charge in [-0.05, 0) is 87.5 Å². The molecule has 0 radical (unpaired) electrons. The van der Waals surface area contributed by atoms with Crippen LogP contribution in [-0.4, -0.2) is 74.0 Å². The maximum Gasteiger partial charge on any atom is 0.337 e. The second-order valence-corrected chi connectivity index (χ2v) is 10.1. The molecule has 1 rings (SSSR count). The highest BCUT2D eigenvalue weighted by Crippen LogP contribution is 2.29. The molecule has 8 heteroatoms. The van der Waals surface area contributed by atoms with Crippen LogP contribution in [0.1, 0.15) is 87.5 Å². The molecule has 0 N–H and O–H groups in total. The molecule has 33 heavy (non-hydrogen) atoms. The van der Waals surface area contributed by atoms with Gasteiger partial charge in [-0.2, -0.15) is 0 Å². The zero-order valence-corrected chi connectivity index (χ0v) is 21.9. The number of carbonyl (C=O) groups excluding carboxylic acids is 2. The quantitative estimate of drug-likeness (QED) is 0.210. The van der Waals surface area contributed by atoms with E-state index in [1.54, 1.807) is 27.7 Å². The van der Waals surface area contributed by atoms with Crippen molar-refractivity contribution in [2.24, 2.45) is 0 Å². The minimum atomic E-state index is -1.04. The number of hydrogen-bond acceptors (Lipinski definition) is 8. The van der Waals surface area contributed by atoms with Crippen molar-refractivity contribution in [1.82, 2.24) is 0 Å². The molecule has 0 aromatic rings. The zero-order valence-electron chi connectivity index (χ0n) is 21.9. The highest BCUT2D eigenvalue weighted by Gasteiger charge is 2.37. The largest absolute Gasteiger partial charge is 0.461 e. The molecule has 0 aliphatic heterocycles. The van der Waals surface area contributed by atoms with E-state index in [4.69, 9.17) is 28.4 Å². The van der Waals surface area contributed by atoms with Gasteiger partial charge < -0.3 is 28.4 Å². The summed E-state index contributed by atoms with van der Waals surface area (Å²) in [6, 6.07) is 0. The van der Waals surface area contributed by atoms with E-state index in [1.807, 2.05) is 27.7 Å². The van der Waals surface area contributed by atoms with Gasteiger partial charge in [0.2, 0.25) is 0 Å². The van der Waals surface area contributed by atoms with Crippen LogP contribution in [0.4, 0.5) is 0 Å². The first kappa shape index (κ1) is 29.8. The first-order chi connectivity index (χ1) is 15.3. The summed E-state index contributed by atoms with van der Waals surface area (Å²) in [5.74, 6) is -0.783. The monoisotopic (exact) mass is 474 g/mol. The minimum absolute atomic E-state index is 0.0729. The van der Waals surface area contributed by atoms with Crippen molar-refractivity contribution in [1.29, 1.82) is 0 Å². The molecule has 0 amide bonds. The Bertz CT molecular complexity index is 535. The summed E-state index contributed by atoms with van der Waals surface area (Å²) in [6.07, 6.45) is 4.06. The van der Waals surface area contributed by atoms with Crippen LogP contribution in [0, 0.1) is 0 Å². The third-order valence-corrected chi connectivity index (χ3v) is 5.30. The molecular formula is C25H46O8. The van der Waals surface area contributed by atoms with Gasteiger partial charge >= 0.3 is 11.9 Å². The second-order valence-electron chi connectivity index (χ2n) is 10.1. The fourth-order valence-electron chi connectivity index (χ4n) is 3.58. The maximum absolute atomic E-state index is 12.5. The number of ether oxygens (including phenoxy) is 6. The van der Waals surface area contributed by atoms with Crippen LogP contribution in [-0.2, 0) is 38.0 Å². The summed E-state index contributed by atoms with van der Waals surface area (Å²) >= 11 is 0. The molecule has 0 saturated heterocycles. The molecular weight excluding hydrogens is 428 g/mol. The Kier molecular flexibility index (Phi) is 12.9. The van der Waals surface area contributed by atoms with Crippen LogP contribution in [0.15, 0.2) is 0 Å². The molecule has 1 fully saturated rings. The van der Waals surface area contributed by atoms with Crippen LogP contribution >= 0.6 is 0 Å². The normalized spacial score (nSPS) is 20.1. The van der Waals surface area contributed by atoms with Gasteiger partial charge in [0.1, 0.15) is 13.2 Å². The van der Waals surface area contributed by atoms with E-state index in [1.165, 1.54) is 0 Å². The van der Waals surface area contributed by atoms with Crippen LogP contribution in [0.25, 0.3) is 0 Å². The summed E-state index contributed by atoms with van der Waals surface area (Å²) in [6.45, 7) is 15.8. The Morgan fingerprint density at radius 2 is 1.03 bits per heavy atom. The van der Waals surface area contributed by atoms with E-state index in [0.29, 0.717) is 13.2 Å². The fraction of sp³-hybridized carbons (Fsp3) is 0.920. The van der Waals surface area contributed by atoms with Gasteiger partial charge in [0.25, 0.3) is 0 Å². The fourth-order valence-corrected chi connectivity index (χ4v) is 3.58. The van der Waals surface area contributed by atoms with Crippen LogP contribution in [0.3, 0.4) is 0 Å². The van der Waals surface area contributed by atoms with Crippen molar-refractivity contribution in [3.05, 3.63) is 0 Å². The van der Waals surface area contributed by atoms with Gasteiger partial charge in [0, 0.05) is 0 Å². The lowest BCUT2D eigenvalue weighted by Gasteiger charge is -2.30. The van der Waals surface area contributed by atoms with Gasteiger partial charge in [-0.1, -0.05) is 0 Å². The summed E-state index contributed by atoms with van der Waals surface area (Å²) < 4.78 is 33.7. The Hall–Kier alpha value is -1.22. The molecule has 8 nitrogen and oxygen atoms in total. The molecule has 1 aliphatic rings. The summed E-state index contributed by atoms with van der Waals surface area (Å²) in [5, 5.41) is 0. The van der Waals surface area contributed by atoms with Crippen LogP contribution in [0.5, 0.6) is 0 Å². The van der Waals surface area contributed by atoms with Crippen LogP contribution < -0.4 is 0 Å². The van der Waals surface area contributed by atoms with Gasteiger partial charge in [0.15, 0.2) is 11.2 Å². The standard InChI is InChI=1S/C25H46O8/c1-18(2)28-14-16-30-22(26)24(5,6)32-20-10-9-11-21(13-12-20)33-25(7,8)23(27)31-17-15-29-19(3)4/h18-21H,9-17H2,1-8H3. The Morgan fingerprint density at radius 1 is 0.667 bits per heavy atom. The van der Waals surface area contributed by atoms with Crippen molar-refractivity contribution in [2.75, 3.05) is 26.4 Å². The molecule has 0 spiro atoms. The third-order valence-electron chi connectivity index (χ3n) is 5.30. The zero-order chi connectivity index (χ0) is 25.1. The third kappa shape index (κ3) is 12.2. The number of rotatable bonds is 14. The van der Waals surface area contributed by atoms with Crippen molar-refractivity contribution in [2.45, 2.75) is 123 Å². The van der Waals surface area contributed by atoms with Crippen molar-refractivity contribution in [3.63, 3.8) is 0 Å². The smallest absolute Gasteiger partial charge is 0.337 e. The molecule has 0 aromatic carbocycles. The number of hydrogen-bond donors (Lipinski definition) is 0. The summed E-state index contributed by atoms with van der Waals surface area (Å²) in [4.78, 5) is 24.9. The predicted molar refractivity (Wildman–Crippen MR) is 125 cm³/mol. The van der Waals surface area contributed by atoms with Gasteiger partial charge in [0.05, 0.1) is 37.6 Å². The van der Waals surface area contributed by atoms with Gasteiger partial charge in [-0.3, -0.25) is 0 Å². The van der Waals surface area contributed by atoms with E-state index in [9.17, 15) is 9.59 Å². The molecule has 2 unspecified atom stereocenters. The molecule has 1 aliphatic carbocycles. The SMILES string of the molecule is CC(C)OCCOC(=O)C(C)(C)OC1CCCC(OC(C)(C)C(=O)OCCOC(C)C)CC1. The lowest BCUT2D eigenvalue weighted by Crippen LogP contribution is -2.41. The molecule has 0 heterocycles. The second kappa shape index (κ2) is 14.2. The van der Waals surface area contributed by atoms with Gasteiger partial charge in [-0.25, -0.2) is 9.59 Å². The van der Waals surface area contributed by atoms with E-state index in [2.05, 4.69) is 0 Å². The average Bonchev–Trinajstić information content (AvgIpc) is 2.92. The number of esters is 2. The average molecular weight is 475 g/mol. The topological polar surface area (TPSA) is 89.5 Å². The van der Waals surface area contributed by atoms with E-state index >= 15 is 0 Å². The Labute approximate surface area is 199 Å².